The van der Waals surface area contributed by atoms with Gasteiger partial charge in [-0.15, -0.1) is 0 Å². The smallest absolute Gasteiger partial charge is 0.137 e. The van der Waals surface area contributed by atoms with Crippen LogP contribution in [-0.2, 0) is 9.47 Å². The first-order valence-corrected chi connectivity index (χ1v) is 9.07. The lowest BCUT2D eigenvalue weighted by Gasteiger charge is -2.53. The van der Waals surface area contributed by atoms with Crippen LogP contribution in [0.5, 0.6) is 0 Å². The zero-order chi connectivity index (χ0) is 18.3. The minimum Gasteiger partial charge on any atom is -0.486 e. The van der Waals surface area contributed by atoms with Crippen molar-refractivity contribution in [3.63, 3.8) is 0 Å². The second-order valence-corrected chi connectivity index (χ2v) is 8.34. The summed E-state index contributed by atoms with van der Waals surface area (Å²) in [7, 11) is 0. The molecule has 0 saturated carbocycles. The summed E-state index contributed by atoms with van der Waals surface area (Å²) >= 11 is 0. The molecule has 2 aliphatic rings. The topological polar surface area (TPSA) is 57.6 Å². The minimum absolute atomic E-state index is 0.0548. The molecule has 134 valence electrons. The van der Waals surface area contributed by atoms with Gasteiger partial charge in [-0.3, -0.25) is 0 Å². The quantitative estimate of drug-likeness (QED) is 0.609. The summed E-state index contributed by atoms with van der Waals surface area (Å²) in [6.45, 7) is 8.35. The Bertz CT molecular complexity index is 1090. The van der Waals surface area contributed by atoms with Gasteiger partial charge in [0.2, 0.25) is 0 Å². The highest BCUT2D eigenvalue weighted by molar-refractivity contribution is 6.06. The average molecular weight is 349 g/mol. The maximum atomic E-state index is 6.35. The number of nitrogen functional groups attached to an aromatic ring is 1. The number of ether oxygens (including phenoxy) is 2. The number of benzene rings is 2. The van der Waals surface area contributed by atoms with Crippen LogP contribution in [0.4, 0.5) is 5.69 Å². The van der Waals surface area contributed by atoms with Crippen LogP contribution in [0.15, 0.2) is 46.6 Å². The second-order valence-electron chi connectivity index (χ2n) is 8.34. The van der Waals surface area contributed by atoms with Crippen LogP contribution in [0.2, 0.25) is 0 Å². The van der Waals surface area contributed by atoms with Crippen LogP contribution in [0.3, 0.4) is 0 Å². The summed E-state index contributed by atoms with van der Waals surface area (Å²) in [6.07, 6.45) is 0.923. The number of furan rings is 1. The number of anilines is 1. The Balaban J connectivity index is 1.59. The molecule has 26 heavy (non-hydrogen) atoms. The molecule has 0 amide bonds. The van der Waals surface area contributed by atoms with E-state index in [0.717, 1.165) is 39.7 Å². The van der Waals surface area contributed by atoms with Crippen molar-refractivity contribution in [3.8, 4) is 0 Å². The van der Waals surface area contributed by atoms with Crippen LogP contribution in [0.1, 0.15) is 39.7 Å². The Kier molecular flexibility index (Phi) is 2.93. The monoisotopic (exact) mass is 349 g/mol. The van der Waals surface area contributed by atoms with Gasteiger partial charge in [0.25, 0.3) is 0 Å². The van der Waals surface area contributed by atoms with Crippen LogP contribution < -0.4 is 5.73 Å². The zero-order valence-corrected chi connectivity index (χ0v) is 15.6. The molecule has 1 fully saturated rings. The molecular weight excluding hydrogens is 326 g/mol. The highest BCUT2D eigenvalue weighted by Gasteiger charge is 2.52. The van der Waals surface area contributed by atoms with Gasteiger partial charge in [0.15, 0.2) is 0 Å². The normalized spacial score (nSPS) is 23.6. The van der Waals surface area contributed by atoms with Crippen molar-refractivity contribution in [1.29, 1.82) is 0 Å². The van der Waals surface area contributed by atoms with Gasteiger partial charge in [0.1, 0.15) is 34.2 Å². The Morgan fingerprint density at radius 1 is 0.923 bits per heavy atom. The van der Waals surface area contributed by atoms with E-state index in [1.54, 1.807) is 0 Å². The number of nitrogens with two attached hydrogens (primary N) is 1. The molecule has 0 radical (unpaired) electrons. The molecule has 0 spiro atoms. The summed E-state index contributed by atoms with van der Waals surface area (Å²) < 4.78 is 18.6. The largest absolute Gasteiger partial charge is 0.486 e. The van der Waals surface area contributed by atoms with Crippen LogP contribution in [0, 0.1) is 0 Å². The highest BCUT2D eigenvalue weighted by atomic mass is 16.6. The van der Waals surface area contributed by atoms with Crippen molar-refractivity contribution < 1.29 is 13.9 Å². The van der Waals surface area contributed by atoms with E-state index in [-0.39, 0.29) is 17.3 Å². The fourth-order valence-electron chi connectivity index (χ4n) is 3.80. The zero-order valence-electron chi connectivity index (χ0n) is 15.6. The van der Waals surface area contributed by atoms with Crippen molar-refractivity contribution in [3.05, 3.63) is 47.7 Å². The number of hydrogen-bond acceptors (Lipinski definition) is 4. The molecule has 3 aromatic rings. The summed E-state index contributed by atoms with van der Waals surface area (Å²) in [5.74, 6) is 0.967. The van der Waals surface area contributed by atoms with E-state index in [2.05, 4.69) is 45.9 Å². The fraction of sp³-hybridized carbons (Fsp3) is 0.364. The first kappa shape index (κ1) is 15.8. The molecule has 2 aromatic carbocycles. The lowest BCUT2D eigenvalue weighted by atomic mass is 9.80. The van der Waals surface area contributed by atoms with E-state index >= 15 is 0 Å². The first-order chi connectivity index (χ1) is 12.2. The van der Waals surface area contributed by atoms with Crippen molar-refractivity contribution in [2.75, 3.05) is 5.73 Å². The highest BCUT2D eigenvalue weighted by Crippen LogP contribution is 2.50. The van der Waals surface area contributed by atoms with Gasteiger partial charge < -0.3 is 19.6 Å². The summed E-state index contributed by atoms with van der Waals surface area (Å²) in [5.41, 5.74) is 9.94. The molecule has 1 aliphatic carbocycles. The molecule has 1 aliphatic heterocycles. The molecule has 1 atom stereocenters. The van der Waals surface area contributed by atoms with E-state index in [9.17, 15) is 0 Å². The fourth-order valence-corrected chi connectivity index (χ4v) is 3.80. The molecule has 1 saturated heterocycles. The standard InChI is InChI=1S/C22H23NO3/c1-21(2)22(3,4)26-20-16(11-19(20)25-21)12-5-7-14-15-8-6-13(23)10-18(15)24-17(14)9-12/h5-10,19H,11,23H2,1-4H3. The van der Waals surface area contributed by atoms with Crippen molar-refractivity contribution >= 4 is 33.2 Å². The third-order valence-corrected chi connectivity index (χ3v) is 6.08. The van der Waals surface area contributed by atoms with Crippen LogP contribution in [0.25, 0.3) is 27.5 Å². The Morgan fingerprint density at radius 3 is 2.38 bits per heavy atom. The van der Waals surface area contributed by atoms with Gasteiger partial charge in [-0.05, 0) is 57.5 Å². The average Bonchev–Trinajstić information content (AvgIpc) is 2.91. The number of fused-ring (bicyclic) bond motifs is 4. The van der Waals surface area contributed by atoms with Crippen LogP contribution in [-0.4, -0.2) is 17.3 Å². The molecule has 4 nitrogen and oxygen atoms in total. The number of hydrogen-bond donors (Lipinski definition) is 1. The molecule has 2 N–H and O–H groups in total. The molecule has 0 bridgehead atoms. The lowest BCUT2D eigenvalue weighted by molar-refractivity contribution is -0.236. The Hall–Kier alpha value is -2.46. The van der Waals surface area contributed by atoms with Crippen molar-refractivity contribution in [2.45, 2.75) is 51.4 Å². The van der Waals surface area contributed by atoms with Gasteiger partial charge in [-0.25, -0.2) is 0 Å². The van der Waals surface area contributed by atoms with Gasteiger partial charge in [-0.1, -0.05) is 6.07 Å². The molecule has 4 heteroatoms. The maximum absolute atomic E-state index is 6.35. The Morgan fingerprint density at radius 2 is 1.62 bits per heavy atom. The summed E-state index contributed by atoms with van der Waals surface area (Å²) in [5, 5.41) is 2.19. The van der Waals surface area contributed by atoms with E-state index in [0.29, 0.717) is 5.69 Å². The Labute approximate surface area is 152 Å². The molecule has 2 heterocycles. The maximum Gasteiger partial charge on any atom is 0.137 e. The van der Waals surface area contributed by atoms with Gasteiger partial charge in [-0.2, -0.15) is 0 Å². The van der Waals surface area contributed by atoms with E-state index in [4.69, 9.17) is 19.6 Å². The predicted octanol–water partition coefficient (Wildman–Crippen LogP) is 5.26. The van der Waals surface area contributed by atoms with Gasteiger partial charge in [0, 0.05) is 34.5 Å². The van der Waals surface area contributed by atoms with Crippen molar-refractivity contribution in [2.24, 2.45) is 0 Å². The van der Waals surface area contributed by atoms with E-state index < -0.39 is 0 Å². The minimum atomic E-state index is -0.370. The molecule has 5 rings (SSSR count). The molecule has 1 unspecified atom stereocenters. The third kappa shape index (κ3) is 2.05. The summed E-state index contributed by atoms with van der Waals surface area (Å²) in [6, 6.07) is 12.2. The second kappa shape index (κ2) is 4.83. The van der Waals surface area contributed by atoms with Gasteiger partial charge >= 0.3 is 0 Å². The SMILES string of the molecule is CC1(C)OC2=C(c3ccc4c(c3)oc3cc(N)ccc34)CC2OC1(C)C. The molecule has 1 aromatic heterocycles. The van der Waals surface area contributed by atoms with Crippen LogP contribution >= 0.6 is 0 Å². The predicted molar refractivity (Wildman–Crippen MR) is 104 cm³/mol. The van der Waals surface area contributed by atoms with Crippen molar-refractivity contribution in [1.82, 2.24) is 0 Å². The lowest BCUT2D eigenvalue weighted by Crippen LogP contribution is -2.58. The number of rotatable bonds is 1. The first-order valence-electron chi connectivity index (χ1n) is 9.07. The third-order valence-electron chi connectivity index (χ3n) is 6.08. The van der Waals surface area contributed by atoms with E-state index in [1.807, 2.05) is 18.2 Å². The molecular formula is C22H23NO3. The van der Waals surface area contributed by atoms with E-state index in [1.165, 1.54) is 5.57 Å². The van der Waals surface area contributed by atoms with Gasteiger partial charge in [0.05, 0.1) is 0 Å². The summed E-state index contributed by atoms with van der Waals surface area (Å²) in [4.78, 5) is 0.